The zero-order valence-corrected chi connectivity index (χ0v) is 11.0. The number of rotatable bonds is 2. The molecule has 2 unspecified atom stereocenters. The van der Waals surface area contributed by atoms with E-state index < -0.39 is 12.0 Å². The van der Waals surface area contributed by atoms with Gasteiger partial charge in [0.2, 0.25) is 0 Å². The van der Waals surface area contributed by atoms with E-state index in [0.29, 0.717) is 11.7 Å². The van der Waals surface area contributed by atoms with Crippen LogP contribution >= 0.6 is 0 Å². The third kappa shape index (κ3) is 1.85. The summed E-state index contributed by atoms with van der Waals surface area (Å²) in [6.45, 7) is 1.77. The smallest absolute Gasteiger partial charge is 0.316 e. The fourth-order valence-corrected chi connectivity index (χ4v) is 2.35. The van der Waals surface area contributed by atoms with Crippen LogP contribution in [0, 0.1) is 5.92 Å². The number of aromatic nitrogens is 5. The molecule has 102 valence electrons. The summed E-state index contributed by atoms with van der Waals surface area (Å²) in [7, 11) is 1.35. The van der Waals surface area contributed by atoms with Crippen molar-refractivity contribution in [3.05, 3.63) is 30.1 Å². The molecule has 20 heavy (non-hydrogen) atoms. The van der Waals surface area contributed by atoms with Crippen LogP contribution in [0.3, 0.4) is 0 Å². The summed E-state index contributed by atoms with van der Waals surface area (Å²) in [4.78, 5) is 20.4. The molecule has 8 heteroatoms. The van der Waals surface area contributed by atoms with Crippen LogP contribution in [0.15, 0.2) is 29.5 Å². The van der Waals surface area contributed by atoms with Gasteiger partial charge in [0.15, 0.2) is 0 Å². The predicted octanol–water partition coefficient (Wildman–Crippen LogP) is 0.553. The summed E-state index contributed by atoms with van der Waals surface area (Å²) in [6.07, 6.45) is 3.35. The van der Waals surface area contributed by atoms with E-state index in [0.717, 1.165) is 5.56 Å². The van der Waals surface area contributed by atoms with Gasteiger partial charge in [-0.05, 0) is 29.0 Å². The Kier molecular flexibility index (Phi) is 2.97. The van der Waals surface area contributed by atoms with Crippen molar-refractivity contribution < 1.29 is 9.53 Å². The Balaban J connectivity index is 2.16. The van der Waals surface area contributed by atoms with Crippen LogP contribution in [-0.4, -0.2) is 44.0 Å². The van der Waals surface area contributed by atoms with Crippen LogP contribution in [0.2, 0.25) is 0 Å². The van der Waals surface area contributed by atoms with Crippen molar-refractivity contribution in [3.8, 4) is 0 Å². The van der Waals surface area contributed by atoms with Gasteiger partial charge in [0.25, 0.3) is 5.95 Å². The monoisotopic (exact) mass is 272 g/mol. The summed E-state index contributed by atoms with van der Waals surface area (Å²) in [6, 6.07) is 3.27. The van der Waals surface area contributed by atoms with Gasteiger partial charge in [0.1, 0.15) is 12.0 Å². The van der Waals surface area contributed by atoms with Gasteiger partial charge < -0.3 is 4.74 Å². The number of carbonyl (C=O) groups is 1. The maximum absolute atomic E-state index is 12.1. The first kappa shape index (κ1) is 12.4. The minimum atomic E-state index is -0.569. The standard InChI is InChI=1S/C12H12N6O2/c1-7-9(11(19)20-2)10(8-4-3-5-13-6-8)18-12(14-7)15-16-17-18/h3-6,9-10H,1-2H3. The predicted molar refractivity (Wildman–Crippen MR) is 68.5 cm³/mol. The molecule has 8 nitrogen and oxygen atoms in total. The van der Waals surface area contributed by atoms with Crippen LogP contribution in [0.1, 0.15) is 18.5 Å². The molecule has 1 aliphatic rings. The Morgan fingerprint density at radius 1 is 1.45 bits per heavy atom. The van der Waals surface area contributed by atoms with Crippen LogP contribution in [0.5, 0.6) is 0 Å². The summed E-state index contributed by atoms with van der Waals surface area (Å²) in [5, 5.41) is 11.4. The van der Waals surface area contributed by atoms with Crippen molar-refractivity contribution >= 4 is 17.6 Å². The molecule has 0 aliphatic carbocycles. The molecule has 3 rings (SSSR count). The van der Waals surface area contributed by atoms with Gasteiger partial charge >= 0.3 is 5.97 Å². The number of nitrogens with zero attached hydrogens (tertiary/aromatic N) is 6. The Morgan fingerprint density at radius 3 is 3.00 bits per heavy atom. The topological polar surface area (TPSA) is 95.1 Å². The number of carbonyl (C=O) groups excluding carboxylic acids is 1. The van der Waals surface area contributed by atoms with Gasteiger partial charge in [-0.2, -0.15) is 0 Å². The van der Waals surface area contributed by atoms with E-state index in [1.165, 1.54) is 11.8 Å². The Labute approximate surface area is 114 Å². The average molecular weight is 272 g/mol. The van der Waals surface area contributed by atoms with Crippen LogP contribution in [-0.2, 0) is 9.53 Å². The van der Waals surface area contributed by atoms with Gasteiger partial charge in [0, 0.05) is 18.1 Å². The molecule has 0 fully saturated rings. The molecule has 0 N–H and O–H groups in total. The summed E-state index contributed by atoms with van der Waals surface area (Å²) in [5.41, 5.74) is 1.44. The van der Waals surface area contributed by atoms with Crippen molar-refractivity contribution in [1.82, 2.24) is 25.2 Å². The van der Waals surface area contributed by atoms with E-state index in [-0.39, 0.29) is 5.97 Å². The number of esters is 1. The lowest BCUT2D eigenvalue weighted by atomic mass is 9.89. The Hall–Kier alpha value is -2.64. The van der Waals surface area contributed by atoms with E-state index in [4.69, 9.17) is 4.74 Å². The maximum Gasteiger partial charge on any atom is 0.316 e. The molecule has 2 atom stereocenters. The van der Waals surface area contributed by atoms with Gasteiger partial charge in [-0.3, -0.25) is 9.78 Å². The molecule has 0 saturated carbocycles. The molecule has 0 aromatic carbocycles. The molecule has 1 aliphatic heterocycles. The maximum atomic E-state index is 12.1. The van der Waals surface area contributed by atoms with Crippen molar-refractivity contribution in [2.75, 3.05) is 7.11 Å². The van der Waals surface area contributed by atoms with Crippen LogP contribution < -0.4 is 0 Å². The summed E-state index contributed by atoms with van der Waals surface area (Å²) < 4.78 is 6.40. The molecule has 0 bridgehead atoms. The minimum Gasteiger partial charge on any atom is -0.468 e. The van der Waals surface area contributed by atoms with Gasteiger partial charge in [-0.15, -0.1) is 0 Å². The molecular formula is C12H12N6O2. The normalized spacial score (nSPS) is 21.0. The number of pyridine rings is 1. The molecule has 2 aromatic heterocycles. The summed E-state index contributed by atoms with van der Waals surface area (Å²) >= 11 is 0. The zero-order valence-electron chi connectivity index (χ0n) is 11.0. The number of aliphatic imine (C=N–C) groups is 1. The van der Waals surface area contributed by atoms with E-state index in [2.05, 4.69) is 25.5 Å². The first-order chi connectivity index (χ1) is 9.72. The number of methoxy groups -OCH3 is 1. The molecule has 0 radical (unpaired) electrons. The second-order valence-corrected chi connectivity index (χ2v) is 4.41. The van der Waals surface area contributed by atoms with Gasteiger partial charge in [-0.25, -0.2) is 9.67 Å². The van der Waals surface area contributed by atoms with Crippen molar-refractivity contribution in [2.45, 2.75) is 13.0 Å². The first-order valence-electron chi connectivity index (χ1n) is 6.03. The van der Waals surface area contributed by atoms with Crippen LogP contribution in [0.4, 0.5) is 5.95 Å². The molecular weight excluding hydrogens is 260 g/mol. The second kappa shape index (κ2) is 4.80. The average Bonchev–Trinajstić information content (AvgIpc) is 2.93. The SMILES string of the molecule is COC(=O)C1C(C)=Nc2nnnn2C1c1cccnc1. The van der Waals surface area contributed by atoms with Crippen molar-refractivity contribution in [2.24, 2.45) is 10.9 Å². The highest BCUT2D eigenvalue weighted by atomic mass is 16.5. The third-order valence-electron chi connectivity index (χ3n) is 3.26. The van der Waals surface area contributed by atoms with E-state index in [1.54, 1.807) is 25.4 Å². The zero-order chi connectivity index (χ0) is 14.1. The molecule has 3 heterocycles. The molecule has 0 amide bonds. The fourth-order valence-electron chi connectivity index (χ4n) is 2.35. The van der Waals surface area contributed by atoms with Crippen molar-refractivity contribution in [1.29, 1.82) is 0 Å². The minimum absolute atomic E-state index is 0.372. The Morgan fingerprint density at radius 2 is 2.30 bits per heavy atom. The van der Waals surface area contributed by atoms with Crippen molar-refractivity contribution in [3.63, 3.8) is 0 Å². The number of hydrogen-bond donors (Lipinski definition) is 0. The van der Waals surface area contributed by atoms with E-state index >= 15 is 0 Å². The van der Waals surface area contributed by atoms with Gasteiger partial charge in [0.05, 0.1) is 7.11 Å². The second-order valence-electron chi connectivity index (χ2n) is 4.41. The highest BCUT2D eigenvalue weighted by Crippen LogP contribution is 2.34. The quantitative estimate of drug-likeness (QED) is 0.741. The first-order valence-corrected chi connectivity index (χ1v) is 6.03. The highest BCUT2D eigenvalue weighted by molar-refractivity contribution is 6.03. The highest BCUT2D eigenvalue weighted by Gasteiger charge is 2.39. The molecule has 0 spiro atoms. The molecule has 0 saturated heterocycles. The van der Waals surface area contributed by atoms with Gasteiger partial charge in [-0.1, -0.05) is 11.2 Å². The largest absolute Gasteiger partial charge is 0.468 e. The number of hydrogen-bond acceptors (Lipinski definition) is 7. The number of tetrazole rings is 1. The van der Waals surface area contributed by atoms with E-state index in [1.807, 2.05) is 6.07 Å². The third-order valence-corrected chi connectivity index (χ3v) is 3.26. The van der Waals surface area contributed by atoms with E-state index in [9.17, 15) is 4.79 Å². The lowest BCUT2D eigenvalue weighted by Gasteiger charge is -2.28. The van der Waals surface area contributed by atoms with Crippen LogP contribution in [0.25, 0.3) is 0 Å². The number of fused-ring (bicyclic) bond motifs is 1. The fraction of sp³-hybridized carbons (Fsp3) is 0.333. The lowest BCUT2D eigenvalue weighted by Crippen LogP contribution is -2.36. The lowest BCUT2D eigenvalue weighted by molar-refractivity contribution is -0.144. The summed E-state index contributed by atoms with van der Waals surface area (Å²) in [5.74, 6) is -0.571. The number of ether oxygens (including phenoxy) is 1. The molecule has 2 aromatic rings. The Bertz CT molecular complexity index is 666.